The maximum Gasteiger partial charge on any atom is 0.251 e. The minimum atomic E-state index is -0.0481. The lowest BCUT2D eigenvalue weighted by Crippen LogP contribution is -2.34. The van der Waals surface area contributed by atoms with Crippen LogP contribution in [0.15, 0.2) is 78.2 Å². The van der Waals surface area contributed by atoms with Crippen molar-refractivity contribution in [2.24, 2.45) is 0 Å². The van der Waals surface area contributed by atoms with Gasteiger partial charge in [0, 0.05) is 42.8 Å². The molecular weight excluding hydrogens is 406 g/mol. The van der Waals surface area contributed by atoms with E-state index in [1.165, 1.54) is 5.69 Å². The van der Waals surface area contributed by atoms with E-state index in [0.29, 0.717) is 12.1 Å². The van der Waals surface area contributed by atoms with Gasteiger partial charge < -0.3 is 15.2 Å². The highest BCUT2D eigenvalue weighted by molar-refractivity contribution is 7.98. The molecule has 0 aliphatic carbocycles. The molecule has 0 radical (unpaired) electrons. The third kappa shape index (κ3) is 5.44. The second kappa shape index (κ2) is 10.1. The molecule has 0 bridgehead atoms. The van der Waals surface area contributed by atoms with Crippen LogP contribution in [0.3, 0.4) is 0 Å². The first kappa shape index (κ1) is 20.9. The number of amides is 1. The fourth-order valence-electron chi connectivity index (χ4n) is 3.32. The number of aromatic nitrogens is 3. The molecule has 0 aliphatic rings. The summed E-state index contributed by atoms with van der Waals surface area (Å²) < 4.78 is 0. The van der Waals surface area contributed by atoms with Gasteiger partial charge in [-0.2, -0.15) is 0 Å². The number of likely N-dealkylation sites (N-methyl/N-ethyl adjacent to an activating group) is 1. The number of thioether (sulfide) groups is 1. The molecule has 4 aromatic rings. The second-order valence-corrected chi connectivity index (χ2v) is 8.06. The number of fused-ring (bicyclic) bond motifs is 1. The Morgan fingerprint density at radius 2 is 1.90 bits per heavy atom. The number of rotatable bonds is 9. The maximum absolute atomic E-state index is 12.5. The predicted octanol–water partition coefficient (Wildman–Crippen LogP) is 4.51. The van der Waals surface area contributed by atoms with Crippen LogP contribution in [0.2, 0.25) is 0 Å². The SMILES string of the molecule is CCN(CCNC(=O)c1ccc(CSc2nc3ccncc3[nH]2)cc1)c1ccccc1. The Bertz CT molecular complexity index is 1090. The summed E-state index contributed by atoms with van der Waals surface area (Å²) in [5.74, 6) is 0.727. The highest BCUT2D eigenvalue weighted by Crippen LogP contribution is 2.22. The van der Waals surface area contributed by atoms with E-state index in [-0.39, 0.29) is 5.91 Å². The number of hydrogen-bond acceptors (Lipinski definition) is 5. The average Bonchev–Trinajstić information content (AvgIpc) is 3.24. The molecule has 0 saturated carbocycles. The lowest BCUT2D eigenvalue weighted by atomic mass is 10.1. The van der Waals surface area contributed by atoms with E-state index in [9.17, 15) is 4.79 Å². The van der Waals surface area contributed by atoms with Gasteiger partial charge in [0.25, 0.3) is 5.91 Å². The molecule has 0 fully saturated rings. The normalized spacial score (nSPS) is 10.9. The highest BCUT2D eigenvalue weighted by atomic mass is 32.2. The number of carbonyl (C=O) groups excluding carboxylic acids is 1. The highest BCUT2D eigenvalue weighted by Gasteiger charge is 2.08. The molecule has 31 heavy (non-hydrogen) atoms. The van der Waals surface area contributed by atoms with Crippen molar-refractivity contribution < 1.29 is 4.79 Å². The average molecular weight is 432 g/mol. The Labute approximate surface area is 186 Å². The molecule has 0 aliphatic heterocycles. The number of aromatic amines is 1. The van der Waals surface area contributed by atoms with Crippen LogP contribution in [-0.4, -0.2) is 40.5 Å². The van der Waals surface area contributed by atoms with Gasteiger partial charge in [-0.3, -0.25) is 9.78 Å². The molecule has 4 rings (SSSR count). The molecule has 2 N–H and O–H groups in total. The summed E-state index contributed by atoms with van der Waals surface area (Å²) in [5, 5.41) is 3.88. The zero-order chi connectivity index (χ0) is 21.5. The van der Waals surface area contributed by atoms with E-state index in [1.54, 1.807) is 24.2 Å². The molecule has 6 nitrogen and oxygen atoms in total. The second-order valence-electron chi connectivity index (χ2n) is 7.09. The number of nitrogens with one attached hydrogen (secondary N) is 2. The number of nitrogens with zero attached hydrogens (tertiary/aromatic N) is 3. The summed E-state index contributed by atoms with van der Waals surface area (Å²) in [4.78, 5) is 26.6. The number of benzene rings is 2. The van der Waals surface area contributed by atoms with Crippen molar-refractivity contribution in [2.75, 3.05) is 24.5 Å². The Morgan fingerprint density at radius 3 is 2.65 bits per heavy atom. The van der Waals surface area contributed by atoms with Crippen LogP contribution >= 0.6 is 11.8 Å². The first-order chi connectivity index (χ1) is 15.2. The lowest BCUT2D eigenvalue weighted by Gasteiger charge is -2.23. The summed E-state index contributed by atoms with van der Waals surface area (Å²) in [6.07, 6.45) is 3.52. The Hall–Kier alpha value is -3.32. The van der Waals surface area contributed by atoms with Crippen molar-refractivity contribution in [3.05, 3.63) is 84.2 Å². The van der Waals surface area contributed by atoms with Crippen molar-refractivity contribution in [1.82, 2.24) is 20.3 Å². The summed E-state index contributed by atoms with van der Waals surface area (Å²) >= 11 is 1.63. The number of carbonyl (C=O) groups is 1. The van der Waals surface area contributed by atoms with Crippen molar-refractivity contribution >= 4 is 34.4 Å². The van der Waals surface area contributed by atoms with Crippen LogP contribution < -0.4 is 10.2 Å². The van der Waals surface area contributed by atoms with Crippen LogP contribution in [0.4, 0.5) is 5.69 Å². The van der Waals surface area contributed by atoms with Gasteiger partial charge in [0.05, 0.1) is 17.2 Å². The number of pyridine rings is 1. The molecule has 7 heteroatoms. The number of imidazole rings is 1. The van der Waals surface area contributed by atoms with Crippen LogP contribution in [0.1, 0.15) is 22.8 Å². The topological polar surface area (TPSA) is 73.9 Å². The minimum absolute atomic E-state index is 0.0481. The number of anilines is 1. The molecule has 0 spiro atoms. The van der Waals surface area contributed by atoms with Gasteiger partial charge in [-0.25, -0.2) is 4.98 Å². The van der Waals surface area contributed by atoms with Crippen molar-refractivity contribution in [3.63, 3.8) is 0 Å². The standard InChI is InChI=1S/C24H25N5OS/c1-2-29(20-6-4-3-5-7-20)15-14-26-23(30)19-10-8-18(9-11-19)17-31-24-27-21-12-13-25-16-22(21)28-24/h3-13,16H,2,14-15,17H2,1H3,(H,26,30)(H,27,28). The molecule has 2 aromatic carbocycles. The number of para-hydroxylation sites is 1. The van der Waals surface area contributed by atoms with Crippen LogP contribution in [0.25, 0.3) is 11.0 Å². The zero-order valence-electron chi connectivity index (χ0n) is 17.4. The molecule has 2 aromatic heterocycles. The van der Waals surface area contributed by atoms with Crippen molar-refractivity contribution in [1.29, 1.82) is 0 Å². The Morgan fingerprint density at radius 1 is 1.10 bits per heavy atom. The third-order valence-corrected chi connectivity index (χ3v) is 5.97. The first-order valence-corrected chi connectivity index (χ1v) is 11.3. The summed E-state index contributed by atoms with van der Waals surface area (Å²) in [6.45, 7) is 4.38. The summed E-state index contributed by atoms with van der Waals surface area (Å²) in [7, 11) is 0. The first-order valence-electron chi connectivity index (χ1n) is 10.3. The third-order valence-electron chi connectivity index (χ3n) is 5.02. The van der Waals surface area contributed by atoms with Gasteiger partial charge in [-0.05, 0) is 42.8 Å². The molecule has 0 unspecified atom stereocenters. The van der Waals surface area contributed by atoms with Gasteiger partial charge in [0.1, 0.15) is 0 Å². The molecule has 2 heterocycles. The van der Waals surface area contributed by atoms with Gasteiger partial charge >= 0.3 is 0 Å². The van der Waals surface area contributed by atoms with Gasteiger partial charge in [0.2, 0.25) is 0 Å². The maximum atomic E-state index is 12.5. The molecule has 0 atom stereocenters. The van der Waals surface area contributed by atoms with Gasteiger partial charge in [0.15, 0.2) is 5.16 Å². The molecule has 1 amide bonds. The van der Waals surface area contributed by atoms with Crippen LogP contribution in [0.5, 0.6) is 0 Å². The summed E-state index contributed by atoms with van der Waals surface area (Å²) in [6, 6.07) is 19.9. The molecule has 158 valence electrons. The van der Waals surface area contributed by atoms with E-state index < -0.39 is 0 Å². The van der Waals surface area contributed by atoms with E-state index in [2.05, 4.69) is 44.2 Å². The van der Waals surface area contributed by atoms with Crippen molar-refractivity contribution in [3.8, 4) is 0 Å². The van der Waals surface area contributed by atoms with E-state index in [1.807, 2.05) is 48.5 Å². The quantitative estimate of drug-likeness (QED) is 0.382. The predicted molar refractivity (Wildman–Crippen MR) is 127 cm³/mol. The number of H-pyrrole nitrogens is 1. The van der Waals surface area contributed by atoms with E-state index in [4.69, 9.17) is 0 Å². The zero-order valence-corrected chi connectivity index (χ0v) is 18.2. The smallest absolute Gasteiger partial charge is 0.251 e. The van der Waals surface area contributed by atoms with Gasteiger partial charge in [-0.1, -0.05) is 42.1 Å². The van der Waals surface area contributed by atoms with Crippen LogP contribution in [0, 0.1) is 0 Å². The van der Waals surface area contributed by atoms with Crippen molar-refractivity contribution in [2.45, 2.75) is 17.8 Å². The summed E-state index contributed by atoms with van der Waals surface area (Å²) in [5.41, 5.74) is 4.83. The Balaban J connectivity index is 1.26. The van der Waals surface area contributed by atoms with E-state index in [0.717, 1.165) is 40.6 Å². The van der Waals surface area contributed by atoms with Gasteiger partial charge in [-0.15, -0.1) is 0 Å². The minimum Gasteiger partial charge on any atom is -0.370 e. The fourth-order valence-corrected chi connectivity index (χ4v) is 4.16. The Kier molecular flexibility index (Phi) is 6.84. The molecular formula is C24H25N5OS. The molecule has 0 saturated heterocycles. The lowest BCUT2D eigenvalue weighted by molar-refractivity contribution is 0.0954. The number of hydrogen-bond donors (Lipinski definition) is 2. The van der Waals surface area contributed by atoms with Crippen LogP contribution in [-0.2, 0) is 5.75 Å². The largest absolute Gasteiger partial charge is 0.370 e. The van der Waals surface area contributed by atoms with E-state index >= 15 is 0 Å². The fraction of sp³-hybridized carbons (Fsp3) is 0.208. The monoisotopic (exact) mass is 431 g/mol.